The normalized spacial score (nSPS) is 12.4. The van der Waals surface area contributed by atoms with Crippen molar-refractivity contribution in [2.75, 3.05) is 26.9 Å². The molecule has 1 aromatic rings. The zero-order valence-electron chi connectivity index (χ0n) is 19.2. The van der Waals surface area contributed by atoms with Crippen LogP contribution < -0.4 is 4.74 Å². The lowest BCUT2D eigenvalue weighted by Gasteiger charge is -2.27. The Hall–Kier alpha value is -1.62. The van der Waals surface area contributed by atoms with E-state index in [1.54, 1.807) is 20.1 Å². The van der Waals surface area contributed by atoms with E-state index in [2.05, 4.69) is 26.2 Å². The number of ether oxygens (including phenoxy) is 3. The van der Waals surface area contributed by atoms with Gasteiger partial charge in [0.1, 0.15) is 6.61 Å². The van der Waals surface area contributed by atoms with Crippen molar-refractivity contribution in [1.82, 2.24) is 0 Å². The van der Waals surface area contributed by atoms with Crippen molar-refractivity contribution in [1.29, 1.82) is 0 Å². The first-order chi connectivity index (χ1) is 14.1. The number of phenols is 1. The molecule has 1 rings (SSSR count). The van der Waals surface area contributed by atoms with Crippen LogP contribution in [-0.4, -0.2) is 55.4 Å². The second kappa shape index (κ2) is 13.6. The summed E-state index contributed by atoms with van der Waals surface area (Å²) in [7, 11) is -1.34. The Morgan fingerprint density at radius 1 is 1.20 bits per heavy atom. The monoisotopic (exact) mass is 454 g/mol. The van der Waals surface area contributed by atoms with Crippen LogP contribution in [0.15, 0.2) is 30.4 Å². The molecule has 0 spiro atoms. The molecule has 1 aromatic carbocycles. The third-order valence-electron chi connectivity index (χ3n) is 4.72. The fraction of sp³-hybridized carbons (Fsp3) is 0.591. The number of hydrogen-bond acceptors (Lipinski definition) is 6. The molecule has 0 aromatic heterocycles. The zero-order valence-corrected chi connectivity index (χ0v) is 21.3. The number of carbonyl (C=O) groups excluding carboxylic acids is 1. The highest BCUT2D eigenvalue weighted by atomic mass is 28.4. The van der Waals surface area contributed by atoms with E-state index in [9.17, 15) is 9.90 Å². The van der Waals surface area contributed by atoms with Gasteiger partial charge in [0.15, 0.2) is 28.9 Å². The molecule has 170 valence electrons. The maximum Gasteiger partial charge on any atom is 0.333 e. The largest absolute Gasteiger partial charge is 0.504 e. The van der Waals surface area contributed by atoms with Crippen molar-refractivity contribution in [3.05, 3.63) is 35.9 Å². The third kappa shape index (κ3) is 11.0. The molecular weight excluding hydrogens is 416 g/mol. The van der Waals surface area contributed by atoms with Crippen LogP contribution in [0, 0.1) is 0 Å². The first-order valence-corrected chi connectivity index (χ1v) is 16.1. The van der Waals surface area contributed by atoms with Gasteiger partial charge in [-0.15, -0.1) is 0 Å². The Balaban J connectivity index is 2.18. The second-order valence-electron chi connectivity index (χ2n) is 8.22. The second-order valence-corrected chi connectivity index (χ2v) is 15.4. The summed E-state index contributed by atoms with van der Waals surface area (Å²) in [5.74, 6) is 0.332. The molecular formula is C22H38O6Si2. The van der Waals surface area contributed by atoms with Gasteiger partial charge in [0, 0.05) is 12.2 Å². The Morgan fingerprint density at radius 3 is 2.60 bits per heavy atom. The minimum atomic E-state index is -1.68. The van der Waals surface area contributed by atoms with Crippen molar-refractivity contribution in [2.45, 2.75) is 57.9 Å². The van der Waals surface area contributed by atoms with Gasteiger partial charge in [-0.25, -0.2) is 4.79 Å². The molecule has 0 fully saturated rings. The Bertz CT molecular complexity index is 678. The molecule has 8 heteroatoms. The summed E-state index contributed by atoms with van der Waals surface area (Å²) in [6.45, 7) is 13.4. The summed E-state index contributed by atoms with van der Waals surface area (Å²) in [5.41, 5.74) is 1.58. The number of benzene rings is 1. The average molecular weight is 455 g/mol. The van der Waals surface area contributed by atoms with Crippen LogP contribution >= 0.6 is 0 Å². The summed E-state index contributed by atoms with van der Waals surface area (Å²) >= 11 is 0. The third-order valence-corrected chi connectivity index (χ3v) is 11.7. The Labute approximate surface area is 184 Å². The van der Waals surface area contributed by atoms with Gasteiger partial charge >= 0.3 is 5.97 Å². The molecule has 0 amide bonds. The fourth-order valence-corrected chi connectivity index (χ4v) is 10.2. The average Bonchev–Trinajstić information content (AvgIpc) is 2.67. The predicted molar refractivity (Wildman–Crippen MR) is 125 cm³/mol. The number of phenolic OH excluding ortho intramolecular Hbond substituents is 1. The van der Waals surface area contributed by atoms with Gasteiger partial charge in [0.05, 0.1) is 13.7 Å². The van der Waals surface area contributed by atoms with Crippen molar-refractivity contribution in [2.24, 2.45) is 0 Å². The van der Waals surface area contributed by atoms with Gasteiger partial charge in [0.2, 0.25) is 0 Å². The van der Waals surface area contributed by atoms with E-state index in [4.69, 9.17) is 18.3 Å². The van der Waals surface area contributed by atoms with Crippen molar-refractivity contribution in [3.63, 3.8) is 0 Å². The number of rotatable bonds is 15. The van der Waals surface area contributed by atoms with Crippen LogP contribution in [0.2, 0.25) is 31.7 Å². The van der Waals surface area contributed by atoms with Crippen LogP contribution in [0.25, 0.3) is 0 Å². The van der Waals surface area contributed by atoms with Gasteiger partial charge in [-0.3, -0.25) is 0 Å². The number of aryl methyl sites for hydroxylation is 1. The molecule has 1 N–H and O–H groups in total. The van der Waals surface area contributed by atoms with Crippen molar-refractivity contribution < 1.29 is 28.2 Å². The van der Waals surface area contributed by atoms with Crippen LogP contribution in [0.4, 0.5) is 0 Å². The van der Waals surface area contributed by atoms with Gasteiger partial charge in [-0.2, -0.15) is 0 Å². The molecule has 0 heterocycles. The summed E-state index contributed by atoms with van der Waals surface area (Å²) in [6, 6.07) is 7.73. The lowest BCUT2D eigenvalue weighted by molar-refractivity contribution is -0.140. The molecule has 0 saturated heterocycles. The molecule has 30 heavy (non-hydrogen) atoms. The molecule has 0 bridgehead atoms. The van der Waals surface area contributed by atoms with E-state index in [1.165, 1.54) is 5.56 Å². The lowest BCUT2D eigenvalue weighted by Crippen LogP contribution is -2.36. The molecule has 0 aliphatic heterocycles. The topological polar surface area (TPSA) is 74.2 Å². The fourth-order valence-electron chi connectivity index (χ4n) is 3.15. The molecule has 0 saturated carbocycles. The Kier molecular flexibility index (Phi) is 12.0. The molecule has 1 atom stereocenters. The number of aromatic hydroxyl groups is 1. The van der Waals surface area contributed by atoms with Gasteiger partial charge < -0.3 is 23.4 Å². The van der Waals surface area contributed by atoms with Crippen LogP contribution in [0.1, 0.15) is 25.3 Å². The van der Waals surface area contributed by atoms with Crippen molar-refractivity contribution in [3.8, 4) is 11.5 Å². The molecule has 0 radical (unpaired) electrons. The summed E-state index contributed by atoms with van der Waals surface area (Å²) < 4.78 is 22.2. The maximum atomic E-state index is 11.3. The first kappa shape index (κ1) is 26.4. The van der Waals surface area contributed by atoms with E-state index in [1.807, 2.05) is 12.1 Å². The number of carbonyl (C=O) groups is 1. The number of hydrogen-bond donors (Lipinski definition) is 1. The van der Waals surface area contributed by atoms with Crippen LogP contribution in [0.3, 0.4) is 0 Å². The smallest absolute Gasteiger partial charge is 0.333 e. The molecule has 6 nitrogen and oxygen atoms in total. The highest BCUT2D eigenvalue weighted by molar-refractivity contribution is 6.78. The summed E-state index contributed by atoms with van der Waals surface area (Å²) in [6.07, 6.45) is 3.00. The summed E-state index contributed by atoms with van der Waals surface area (Å²) in [5, 5.41) is 9.70. The lowest BCUT2D eigenvalue weighted by atomic mass is 10.1. The number of methoxy groups -OCH3 is 1. The van der Waals surface area contributed by atoms with E-state index in [-0.39, 0.29) is 18.3 Å². The van der Waals surface area contributed by atoms with E-state index >= 15 is 0 Å². The van der Waals surface area contributed by atoms with Gasteiger partial charge in [0.25, 0.3) is 0 Å². The SMILES string of the molecule is C=C(C)C(=O)OCCOCCC[SiH](C)O[Si](C)(C)CCCc1ccc(O)c(OC)c1. The Morgan fingerprint density at radius 2 is 1.93 bits per heavy atom. The maximum absolute atomic E-state index is 11.3. The van der Waals surface area contributed by atoms with Crippen molar-refractivity contribution >= 4 is 23.3 Å². The molecule has 0 aliphatic rings. The van der Waals surface area contributed by atoms with E-state index in [0.717, 1.165) is 31.4 Å². The minimum Gasteiger partial charge on any atom is -0.504 e. The quantitative estimate of drug-likeness (QED) is 0.183. The highest BCUT2D eigenvalue weighted by Crippen LogP contribution is 2.27. The van der Waals surface area contributed by atoms with Crippen LogP contribution in [-0.2, 0) is 24.8 Å². The minimum absolute atomic E-state index is 0.177. The number of esters is 1. The highest BCUT2D eigenvalue weighted by Gasteiger charge is 2.24. The molecule has 0 aliphatic carbocycles. The van der Waals surface area contributed by atoms with Gasteiger partial charge in [-0.1, -0.05) is 12.6 Å². The van der Waals surface area contributed by atoms with Crippen LogP contribution in [0.5, 0.6) is 11.5 Å². The first-order valence-electron chi connectivity index (χ1n) is 10.6. The standard InChI is InChI=1S/C22H38O6Si2/c1-18(2)22(24)27-14-13-26-12-8-15-29(4)28-30(5,6)16-7-9-19-10-11-20(23)21(17-19)25-3/h10-11,17,23,29H,1,7-9,12-16H2,2-6H3. The summed E-state index contributed by atoms with van der Waals surface area (Å²) in [4.78, 5) is 11.3. The zero-order chi connectivity index (χ0) is 22.6. The predicted octanol–water partition coefficient (Wildman–Crippen LogP) is 4.43. The van der Waals surface area contributed by atoms with E-state index in [0.29, 0.717) is 24.5 Å². The van der Waals surface area contributed by atoms with E-state index < -0.39 is 17.4 Å². The van der Waals surface area contributed by atoms with Gasteiger partial charge in [-0.05, 0) is 75.6 Å². The molecule has 1 unspecified atom stereocenters.